The monoisotopic (exact) mass is 375 g/mol. The lowest BCUT2D eigenvalue weighted by atomic mass is 9.49. The molecule has 0 N–H and O–H groups in total. The van der Waals surface area contributed by atoms with Gasteiger partial charge in [-0.3, -0.25) is 9.78 Å². The van der Waals surface area contributed by atoms with Crippen molar-refractivity contribution in [2.75, 3.05) is 0 Å². The molecular formula is C25H29NO2. The summed E-state index contributed by atoms with van der Waals surface area (Å²) in [6.45, 7) is 2.00. The third-order valence-corrected chi connectivity index (χ3v) is 7.24. The summed E-state index contributed by atoms with van der Waals surface area (Å²) in [5.41, 5.74) is 2.93. The SMILES string of the molecule is Cc1ccc(OC(=O)C23CC4CC(CC(C4)C2)C3)c(CCc2ccccc2)n1. The van der Waals surface area contributed by atoms with E-state index in [1.54, 1.807) is 0 Å². The Labute approximate surface area is 167 Å². The molecule has 146 valence electrons. The highest BCUT2D eigenvalue weighted by Crippen LogP contribution is 2.60. The first-order valence-electron chi connectivity index (χ1n) is 10.8. The van der Waals surface area contributed by atoms with Gasteiger partial charge < -0.3 is 4.74 Å². The minimum atomic E-state index is -0.226. The minimum Gasteiger partial charge on any atom is -0.424 e. The fourth-order valence-corrected chi connectivity index (χ4v) is 6.35. The number of rotatable bonds is 5. The van der Waals surface area contributed by atoms with Gasteiger partial charge in [0.25, 0.3) is 0 Å². The van der Waals surface area contributed by atoms with Crippen LogP contribution in [0.1, 0.15) is 55.5 Å². The Bertz CT molecular complexity index is 838. The molecule has 4 saturated carbocycles. The van der Waals surface area contributed by atoms with Gasteiger partial charge in [0.05, 0.1) is 11.1 Å². The Morgan fingerprint density at radius 1 is 0.964 bits per heavy atom. The largest absolute Gasteiger partial charge is 0.424 e. The van der Waals surface area contributed by atoms with Crippen molar-refractivity contribution in [2.24, 2.45) is 23.2 Å². The number of esters is 1. The number of aryl methyl sites for hydroxylation is 3. The van der Waals surface area contributed by atoms with Crippen molar-refractivity contribution in [3.8, 4) is 5.75 Å². The summed E-state index contributed by atoms with van der Waals surface area (Å²) < 4.78 is 6.07. The fraction of sp³-hybridized carbons (Fsp3) is 0.520. The molecule has 0 amide bonds. The first kappa shape index (κ1) is 17.9. The minimum absolute atomic E-state index is 0.0122. The fourth-order valence-electron chi connectivity index (χ4n) is 6.35. The van der Waals surface area contributed by atoms with Crippen LogP contribution in [-0.4, -0.2) is 11.0 Å². The molecule has 0 spiro atoms. The summed E-state index contributed by atoms with van der Waals surface area (Å²) >= 11 is 0. The molecule has 4 aliphatic rings. The molecule has 28 heavy (non-hydrogen) atoms. The predicted molar refractivity (Wildman–Crippen MR) is 109 cm³/mol. The lowest BCUT2D eigenvalue weighted by Crippen LogP contribution is -2.51. The van der Waals surface area contributed by atoms with E-state index < -0.39 is 0 Å². The summed E-state index contributed by atoms with van der Waals surface area (Å²) in [4.78, 5) is 18.0. The molecule has 0 atom stereocenters. The summed E-state index contributed by atoms with van der Waals surface area (Å²) in [6, 6.07) is 14.3. The van der Waals surface area contributed by atoms with Crippen LogP contribution in [0, 0.1) is 30.1 Å². The van der Waals surface area contributed by atoms with Gasteiger partial charge in [0.15, 0.2) is 5.75 Å². The van der Waals surface area contributed by atoms with Gasteiger partial charge >= 0.3 is 5.97 Å². The maximum atomic E-state index is 13.3. The molecule has 1 aromatic heterocycles. The van der Waals surface area contributed by atoms with Gasteiger partial charge in [0.2, 0.25) is 0 Å². The van der Waals surface area contributed by atoms with Crippen LogP contribution in [0.5, 0.6) is 5.75 Å². The molecule has 4 aliphatic carbocycles. The molecule has 1 aromatic carbocycles. The average molecular weight is 376 g/mol. The number of pyridine rings is 1. The zero-order valence-corrected chi connectivity index (χ0v) is 16.7. The zero-order chi connectivity index (χ0) is 19.1. The van der Waals surface area contributed by atoms with Crippen molar-refractivity contribution in [1.29, 1.82) is 0 Å². The molecule has 3 nitrogen and oxygen atoms in total. The maximum Gasteiger partial charge on any atom is 0.317 e. The van der Waals surface area contributed by atoms with Crippen molar-refractivity contribution in [2.45, 2.75) is 58.3 Å². The topological polar surface area (TPSA) is 39.2 Å². The van der Waals surface area contributed by atoms with Gasteiger partial charge in [-0.15, -0.1) is 0 Å². The first-order chi connectivity index (χ1) is 13.6. The van der Waals surface area contributed by atoms with E-state index in [1.165, 1.54) is 24.8 Å². The molecular weight excluding hydrogens is 346 g/mol. The lowest BCUT2D eigenvalue weighted by Gasteiger charge is -2.55. The highest BCUT2D eigenvalue weighted by molar-refractivity contribution is 5.80. The Morgan fingerprint density at radius 3 is 2.25 bits per heavy atom. The lowest BCUT2D eigenvalue weighted by molar-refractivity contribution is -0.161. The van der Waals surface area contributed by atoms with Crippen LogP contribution in [0.25, 0.3) is 0 Å². The normalized spacial score (nSPS) is 30.4. The number of benzene rings is 1. The highest BCUT2D eigenvalue weighted by Gasteiger charge is 2.55. The van der Waals surface area contributed by atoms with Gasteiger partial charge in [0.1, 0.15) is 0 Å². The Kier molecular flexibility index (Phi) is 4.49. The number of carbonyl (C=O) groups is 1. The third kappa shape index (κ3) is 3.36. The van der Waals surface area contributed by atoms with Crippen molar-refractivity contribution in [3.05, 3.63) is 59.4 Å². The Morgan fingerprint density at radius 2 is 1.61 bits per heavy atom. The van der Waals surface area contributed by atoms with E-state index in [-0.39, 0.29) is 11.4 Å². The van der Waals surface area contributed by atoms with E-state index in [1.807, 2.05) is 25.1 Å². The maximum absolute atomic E-state index is 13.3. The number of carbonyl (C=O) groups excluding carboxylic acids is 1. The second-order valence-corrected chi connectivity index (χ2v) is 9.47. The van der Waals surface area contributed by atoms with E-state index in [0.717, 1.165) is 61.2 Å². The molecule has 4 bridgehead atoms. The molecule has 0 unspecified atom stereocenters. The van der Waals surface area contributed by atoms with E-state index in [4.69, 9.17) is 9.72 Å². The predicted octanol–water partition coefficient (Wildman–Crippen LogP) is 5.30. The van der Waals surface area contributed by atoms with Crippen LogP contribution >= 0.6 is 0 Å². The van der Waals surface area contributed by atoms with Crippen molar-refractivity contribution in [1.82, 2.24) is 4.98 Å². The zero-order valence-electron chi connectivity index (χ0n) is 16.7. The molecule has 0 aliphatic heterocycles. The number of ether oxygens (including phenoxy) is 1. The van der Waals surface area contributed by atoms with Gasteiger partial charge in [0, 0.05) is 5.69 Å². The van der Waals surface area contributed by atoms with Crippen molar-refractivity contribution >= 4 is 5.97 Å². The molecule has 2 aromatic rings. The third-order valence-electron chi connectivity index (χ3n) is 7.24. The highest BCUT2D eigenvalue weighted by atomic mass is 16.5. The molecule has 0 saturated heterocycles. The molecule has 3 heteroatoms. The molecule has 1 heterocycles. The summed E-state index contributed by atoms with van der Waals surface area (Å²) in [5.74, 6) is 2.91. The van der Waals surface area contributed by atoms with Crippen LogP contribution < -0.4 is 4.74 Å². The average Bonchev–Trinajstić information content (AvgIpc) is 2.68. The van der Waals surface area contributed by atoms with E-state index in [9.17, 15) is 4.79 Å². The smallest absolute Gasteiger partial charge is 0.317 e. The second kappa shape index (κ2) is 7.02. The number of hydrogen-bond donors (Lipinski definition) is 0. The van der Waals surface area contributed by atoms with Crippen LogP contribution in [0.3, 0.4) is 0 Å². The molecule has 0 radical (unpaired) electrons. The van der Waals surface area contributed by atoms with Crippen LogP contribution in [0.2, 0.25) is 0 Å². The van der Waals surface area contributed by atoms with Crippen LogP contribution in [-0.2, 0) is 17.6 Å². The summed E-state index contributed by atoms with van der Waals surface area (Å²) in [6.07, 6.45) is 8.81. The van der Waals surface area contributed by atoms with Crippen LogP contribution in [0.4, 0.5) is 0 Å². The van der Waals surface area contributed by atoms with Gasteiger partial charge in [-0.1, -0.05) is 30.3 Å². The number of nitrogens with zero attached hydrogens (tertiary/aromatic N) is 1. The van der Waals surface area contributed by atoms with Crippen molar-refractivity contribution in [3.63, 3.8) is 0 Å². The Hall–Kier alpha value is -2.16. The van der Waals surface area contributed by atoms with E-state index >= 15 is 0 Å². The number of aromatic nitrogens is 1. The van der Waals surface area contributed by atoms with Gasteiger partial charge in [-0.05, 0) is 93.7 Å². The van der Waals surface area contributed by atoms with Gasteiger partial charge in [-0.2, -0.15) is 0 Å². The van der Waals surface area contributed by atoms with Crippen LogP contribution in [0.15, 0.2) is 42.5 Å². The van der Waals surface area contributed by atoms with Crippen molar-refractivity contribution < 1.29 is 9.53 Å². The summed E-state index contributed by atoms with van der Waals surface area (Å²) in [7, 11) is 0. The standard InChI is InChI=1S/C25H29NO2/c1-17-7-10-23(22(26-17)9-8-18-5-3-2-4-6-18)28-24(27)25-14-19-11-20(15-25)13-21(12-19)16-25/h2-7,10,19-21H,8-9,11-16H2,1H3. The quantitative estimate of drug-likeness (QED) is 0.666. The summed E-state index contributed by atoms with van der Waals surface area (Å²) in [5, 5.41) is 0. The second-order valence-electron chi connectivity index (χ2n) is 9.47. The Balaban J connectivity index is 1.34. The molecule has 4 fully saturated rings. The number of hydrogen-bond acceptors (Lipinski definition) is 3. The van der Waals surface area contributed by atoms with E-state index in [0.29, 0.717) is 5.75 Å². The molecule has 6 rings (SSSR count). The first-order valence-corrected chi connectivity index (χ1v) is 10.8. The van der Waals surface area contributed by atoms with Gasteiger partial charge in [-0.25, -0.2) is 0 Å². The van der Waals surface area contributed by atoms with E-state index in [2.05, 4.69) is 24.3 Å².